The van der Waals surface area contributed by atoms with E-state index in [9.17, 15) is 0 Å². The van der Waals surface area contributed by atoms with Gasteiger partial charge in [0.15, 0.2) is 0 Å². The Hall–Kier alpha value is -1.77. The second-order valence-corrected chi connectivity index (χ2v) is 3.65. The molecule has 0 spiro atoms. The zero-order valence-electron chi connectivity index (χ0n) is 9.42. The van der Waals surface area contributed by atoms with Crippen LogP contribution in [0.4, 0.5) is 0 Å². The van der Waals surface area contributed by atoms with Gasteiger partial charge in [0, 0.05) is 32.1 Å². The van der Waals surface area contributed by atoms with Crippen LogP contribution in [0, 0.1) is 6.20 Å². The van der Waals surface area contributed by atoms with Crippen molar-refractivity contribution in [3.63, 3.8) is 0 Å². The first-order valence-electron chi connectivity index (χ1n) is 5.38. The SMILES string of the molecule is [Ir].[c-]1nc(-c2ccccc2)[nH]c1-c1ccccn1. The summed E-state index contributed by atoms with van der Waals surface area (Å²) in [5.41, 5.74) is 2.71. The predicted molar refractivity (Wildman–Crippen MR) is 66.1 cm³/mol. The minimum absolute atomic E-state index is 0. The number of hydrogen-bond donors (Lipinski definition) is 1. The van der Waals surface area contributed by atoms with Crippen molar-refractivity contribution in [1.82, 2.24) is 15.0 Å². The molecular weight excluding hydrogens is 402 g/mol. The summed E-state index contributed by atoms with van der Waals surface area (Å²) in [4.78, 5) is 11.7. The Kier molecular flexibility index (Phi) is 4.03. The average molecular weight is 412 g/mol. The maximum Gasteiger partial charge on any atom is 0.0342 e. The number of rotatable bonds is 2. The number of H-pyrrole nitrogens is 1. The van der Waals surface area contributed by atoms with Crippen molar-refractivity contribution in [2.24, 2.45) is 0 Å². The first kappa shape index (κ1) is 12.7. The predicted octanol–water partition coefficient (Wildman–Crippen LogP) is 2.94. The molecule has 3 aromatic rings. The molecule has 0 aliphatic heterocycles. The van der Waals surface area contributed by atoms with Crippen LogP contribution in [0.15, 0.2) is 54.7 Å². The van der Waals surface area contributed by atoms with Gasteiger partial charge in [0.2, 0.25) is 0 Å². The Balaban J connectivity index is 0.00000120. The van der Waals surface area contributed by atoms with Crippen LogP contribution < -0.4 is 0 Å². The molecule has 0 amide bonds. The second kappa shape index (κ2) is 5.71. The third-order valence-electron chi connectivity index (χ3n) is 2.49. The van der Waals surface area contributed by atoms with E-state index in [1.807, 2.05) is 48.5 Å². The number of nitrogens with one attached hydrogen (secondary N) is 1. The average Bonchev–Trinajstić information content (AvgIpc) is 2.90. The van der Waals surface area contributed by atoms with Gasteiger partial charge in [-0.25, -0.2) is 0 Å². The monoisotopic (exact) mass is 413 g/mol. The van der Waals surface area contributed by atoms with E-state index in [1.165, 1.54) is 0 Å². The Labute approximate surface area is 119 Å². The van der Waals surface area contributed by atoms with Crippen LogP contribution in [0.1, 0.15) is 0 Å². The zero-order valence-corrected chi connectivity index (χ0v) is 11.8. The van der Waals surface area contributed by atoms with Crippen LogP contribution in [0.3, 0.4) is 0 Å². The summed E-state index contributed by atoms with van der Waals surface area (Å²) >= 11 is 0. The number of hydrogen-bond acceptors (Lipinski definition) is 2. The molecule has 0 fully saturated rings. The van der Waals surface area contributed by atoms with E-state index >= 15 is 0 Å². The molecule has 1 radical (unpaired) electrons. The van der Waals surface area contributed by atoms with Gasteiger partial charge >= 0.3 is 0 Å². The zero-order chi connectivity index (χ0) is 11.5. The molecule has 18 heavy (non-hydrogen) atoms. The van der Waals surface area contributed by atoms with E-state index in [0.29, 0.717) is 0 Å². The van der Waals surface area contributed by atoms with Crippen LogP contribution in [0.5, 0.6) is 0 Å². The van der Waals surface area contributed by atoms with Gasteiger partial charge in [-0.15, -0.1) is 0 Å². The van der Waals surface area contributed by atoms with Crippen LogP contribution in [0.25, 0.3) is 22.8 Å². The molecule has 0 aliphatic rings. The molecule has 0 aliphatic carbocycles. The molecule has 2 aromatic heterocycles. The molecule has 4 heteroatoms. The van der Waals surface area contributed by atoms with Crippen LogP contribution in [0.2, 0.25) is 0 Å². The third kappa shape index (κ3) is 2.55. The van der Waals surface area contributed by atoms with Crippen molar-refractivity contribution in [3.05, 3.63) is 60.9 Å². The molecule has 1 aromatic carbocycles. The summed E-state index contributed by atoms with van der Waals surface area (Å²) in [6.45, 7) is 0. The number of imidazole rings is 1. The third-order valence-corrected chi connectivity index (χ3v) is 2.49. The van der Waals surface area contributed by atoms with Gasteiger partial charge < -0.3 is 15.0 Å². The summed E-state index contributed by atoms with van der Waals surface area (Å²) in [6.07, 6.45) is 4.71. The van der Waals surface area contributed by atoms with Gasteiger partial charge in [0.1, 0.15) is 0 Å². The summed E-state index contributed by atoms with van der Waals surface area (Å²) in [5.74, 6) is 0.811. The number of aromatic nitrogens is 3. The smallest absolute Gasteiger partial charge is 0.0342 e. The molecule has 91 valence electrons. The Bertz CT molecular complexity index is 551. The van der Waals surface area contributed by atoms with Crippen LogP contribution in [-0.4, -0.2) is 15.0 Å². The Morgan fingerprint density at radius 1 is 0.944 bits per heavy atom. The topological polar surface area (TPSA) is 41.6 Å². The fraction of sp³-hybridized carbons (Fsp3) is 0. The van der Waals surface area contributed by atoms with E-state index in [2.05, 4.69) is 21.1 Å². The van der Waals surface area contributed by atoms with Crippen molar-refractivity contribution in [1.29, 1.82) is 0 Å². The minimum atomic E-state index is 0. The molecule has 0 saturated heterocycles. The van der Waals surface area contributed by atoms with E-state index in [1.54, 1.807) is 6.20 Å². The summed E-state index contributed by atoms with van der Waals surface area (Å²) in [6, 6.07) is 15.7. The van der Waals surface area contributed by atoms with Gasteiger partial charge in [-0.05, 0) is 23.0 Å². The maximum atomic E-state index is 4.25. The fourth-order valence-electron chi connectivity index (χ4n) is 1.65. The molecule has 2 heterocycles. The number of aromatic amines is 1. The van der Waals surface area contributed by atoms with Gasteiger partial charge in [-0.3, -0.25) is 0 Å². The molecule has 3 nitrogen and oxygen atoms in total. The summed E-state index contributed by atoms with van der Waals surface area (Å²) in [7, 11) is 0. The minimum Gasteiger partial charge on any atom is -0.410 e. The van der Waals surface area contributed by atoms with E-state index < -0.39 is 0 Å². The van der Waals surface area contributed by atoms with Crippen LogP contribution in [-0.2, 0) is 20.1 Å². The van der Waals surface area contributed by atoms with Gasteiger partial charge in [-0.1, -0.05) is 48.7 Å². The number of pyridine rings is 1. The molecule has 1 N–H and O–H groups in total. The fourth-order valence-corrected chi connectivity index (χ4v) is 1.65. The molecule has 0 saturated carbocycles. The largest absolute Gasteiger partial charge is 0.410 e. The van der Waals surface area contributed by atoms with Gasteiger partial charge in [-0.2, -0.15) is 0 Å². The molecule has 0 unspecified atom stereocenters. The van der Waals surface area contributed by atoms with Crippen molar-refractivity contribution in [2.75, 3.05) is 0 Å². The number of benzene rings is 1. The van der Waals surface area contributed by atoms with Crippen LogP contribution >= 0.6 is 0 Å². The van der Waals surface area contributed by atoms with Gasteiger partial charge in [0.05, 0.1) is 0 Å². The van der Waals surface area contributed by atoms with Crippen molar-refractivity contribution in [3.8, 4) is 22.8 Å². The quantitative estimate of drug-likeness (QED) is 0.658. The maximum absolute atomic E-state index is 4.25. The molecular formula is C14H10IrN3-. The second-order valence-electron chi connectivity index (χ2n) is 3.65. The van der Waals surface area contributed by atoms with Crippen molar-refractivity contribution in [2.45, 2.75) is 0 Å². The first-order valence-corrected chi connectivity index (χ1v) is 5.38. The van der Waals surface area contributed by atoms with Crippen molar-refractivity contribution < 1.29 is 20.1 Å². The van der Waals surface area contributed by atoms with E-state index in [4.69, 9.17) is 0 Å². The molecule has 0 bridgehead atoms. The number of nitrogens with zero attached hydrogens (tertiary/aromatic N) is 2. The van der Waals surface area contributed by atoms with Gasteiger partial charge in [0.25, 0.3) is 0 Å². The first-order chi connectivity index (χ1) is 8.43. The Morgan fingerprint density at radius 3 is 2.44 bits per heavy atom. The summed E-state index contributed by atoms with van der Waals surface area (Å²) in [5, 5.41) is 0. The molecule has 0 atom stereocenters. The Morgan fingerprint density at radius 2 is 1.72 bits per heavy atom. The van der Waals surface area contributed by atoms with Crippen molar-refractivity contribution >= 4 is 0 Å². The van der Waals surface area contributed by atoms with E-state index in [0.717, 1.165) is 22.8 Å². The standard InChI is InChI=1S/C14H10N3.Ir/c1-2-6-11(7-3-1)14-16-10-13(17-14)12-8-4-5-9-15-12;/h1-9H,(H,16,17);/q-1;. The normalized spacial score (nSPS) is 9.78. The van der Waals surface area contributed by atoms with E-state index in [-0.39, 0.29) is 20.1 Å². The summed E-state index contributed by atoms with van der Waals surface area (Å²) < 4.78 is 0. The molecule has 3 rings (SSSR count).